The first-order chi connectivity index (χ1) is 24.0. The highest BCUT2D eigenvalue weighted by Crippen LogP contribution is 2.38. The van der Waals surface area contributed by atoms with Gasteiger partial charge in [-0.2, -0.15) is 0 Å². The van der Waals surface area contributed by atoms with Crippen LogP contribution in [0.4, 0.5) is 0 Å². The molecule has 0 heterocycles. The minimum Gasteiger partial charge on any atom is -0.756 e. The van der Waals surface area contributed by atoms with Crippen molar-refractivity contribution in [3.05, 3.63) is 36.5 Å². The topological polar surface area (TPSA) is 111 Å². The molecule has 0 aromatic rings. The van der Waals surface area contributed by atoms with Crippen molar-refractivity contribution >= 4 is 19.8 Å². The molecule has 1 unspecified atom stereocenters. The van der Waals surface area contributed by atoms with E-state index in [1.54, 1.807) is 0 Å². The summed E-state index contributed by atoms with van der Waals surface area (Å²) in [6, 6.07) is 0. The Morgan fingerprint density at radius 1 is 0.620 bits per heavy atom. The highest BCUT2D eigenvalue weighted by atomic mass is 31.2. The summed E-state index contributed by atoms with van der Waals surface area (Å²) in [4.78, 5) is 37.3. The maximum atomic E-state index is 12.5. The molecule has 292 valence electrons. The molecule has 0 amide bonds. The van der Waals surface area contributed by atoms with Crippen LogP contribution in [0.5, 0.6) is 0 Å². The van der Waals surface area contributed by atoms with E-state index in [1.807, 2.05) is 21.1 Å². The smallest absolute Gasteiger partial charge is 0.306 e. The molecule has 0 radical (unpaired) electrons. The number of allylic oxidation sites excluding steroid dienone is 6. The van der Waals surface area contributed by atoms with Crippen LogP contribution in [0.1, 0.15) is 155 Å². The number of carbonyl (C=O) groups excluding carboxylic acids is 2. The second kappa shape index (κ2) is 33.1. The third-order valence-corrected chi connectivity index (χ3v) is 9.13. The first kappa shape index (κ1) is 48.2. The quantitative estimate of drug-likeness (QED) is 0.0209. The van der Waals surface area contributed by atoms with Crippen LogP contribution in [-0.4, -0.2) is 70.0 Å². The van der Waals surface area contributed by atoms with Gasteiger partial charge in [-0.25, -0.2) is 0 Å². The minimum atomic E-state index is -4.62. The molecule has 0 rings (SSSR count). The zero-order valence-corrected chi connectivity index (χ0v) is 33.5. The number of rotatable bonds is 35. The average molecular weight is 728 g/mol. The fourth-order valence-electron chi connectivity index (χ4n) is 5.01. The molecule has 0 N–H and O–H groups in total. The van der Waals surface area contributed by atoms with Gasteiger partial charge < -0.3 is 27.9 Å². The van der Waals surface area contributed by atoms with Crippen molar-refractivity contribution in [2.24, 2.45) is 0 Å². The normalized spacial score (nSPS) is 14.1. The Labute approximate surface area is 306 Å². The molecule has 9 nitrogen and oxygen atoms in total. The summed E-state index contributed by atoms with van der Waals surface area (Å²) in [6.07, 6.45) is 34.6. The summed E-state index contributed by atoms with van der Waals surface area (Å²) in [5.41, 5.74) is 0. The monoisotopic (exact) mass is 728 g/mol. The van der Waals surface area contributed by atoms with E-state index in [-0.39, 0.29) is 26.1 Å². The number of ether oxygens (including phenoxy) is 2. The van der Waals surface area contributed by atoms with E-state index in [0.29, 0.717) is 23.9 Å². The largest absolute Gasteiger partial charge is 0.756 e. The fourth-order valence-corrected chi connectivity index (χ4v) is 5.74. The van der Waals surface area contributed by atoms with Gasteiger partial charge in [0.25, 0.3) is 7.82 Å². The number of carbonyl (C=O) groups is 2. The Morgan fingerprint density at radius 3 is 1.64 bits per heavy atom. The van der Waals surface area contributed by atoms with Crippen molar-refractivity contribution in [1.29, 1.82) is 0 Å². The zero-order valence-electron chi connectivity index (χ0n) is 32.6. The van der Waals surface area contributed by atoms with E-state index in [2.05, 4.69) is 50.3 Å². The Morgan fingerprint density at radius 2 is 1.08 bits per heavy atom. The van der Waals surface area contributed by atoms with Gasteiger partial charge in [-0.1, -0.05) is 127 Å². The second-order valence-corrected chi connectivity index (χ2v) is 15.7. The van der Waals surface area contributed by atoms with Gasteiger partial charge in [0.15, 0.2) is 6.10 Å². The van der Waals surface area contributed by atoms with E-state index >= 15 is 0 Å². The zero-order chi connectivity index (χ0) is 37.2. The molecule has 10 heteroatoms. The van der Waals surface area contributed by atoms with Crippen molar-refractivity contribution in [2.75, 3.05) is 47.5 Å². The number of unbranched alkanes of at least 4 members (excludes halogenated alkanes) is 15. The van der Waals surface area contributed by atoms with Crippen molar-refractivity contribution in [3.8, 4) is 0 Å². The molecule has 0 aromatic carbocycles. The van der Waals surface area contributed by atoms with Gasteiger partial charge in [-0.05, 0) is 51.4 Å². The van der Waals surface area contributed by atoms with Gasteiger partial charge in [0, 0.05) is 12.8 Å². The van der Waals surface area contributed by atoms with Crippen LogP contribution in [0.25, 0.3) is 0 Å². The van der Waals surface area contributed by atoms with E-state index < -0.39 is 32.5 Å². The van der Waals surface area contributed by atoms with Crippen molar-refractivity contribution in [3.63, 3.8) is 0 Å². The third kappa shape index (κ3) is 36.0. The first-order valence-corrected chi connectivity index (χ1v) is 21.2. The number of hydrogen-bond acceptors (Lipinski definition) is 8. The van der Waals surface area contributed by atoms with Crippen LogP contribution in [0, 0.1) is 0 Å². The standard InChI is InChI=1S/C40H74NO8P/c1-6-8-10-12-14-16-17-18-19-20-21-22-23-25-26-28-30-32-39(42)46-36-38(37-48-50(44,45)47-35-34-41(3,4)5)49-40(43)33-31-29-27-24-15-13-11-9-7-2/h14,16,18-19,21-22,38H,6-13,15,17,20,23-37H2,1-5H3/b16-14-,19-18-,22-21-/t38-/m1/s1. The van der Waals surface area contributed by atoms with E-state index in [1.165, 1.54) is 57.8 Å². The predicted molar refractivity (Wildman–Crippen MR) is 204 cm³/mol. The van der Waals surface area contributed by atoms with Crippen LogP contribution < -0.4 is 4.89 Å². The Kier molecular flexibility index (Phi) is 31.9. The summed E-state index contributed by atoms with van der Waals surface area (Å²) < 4.78 is 33.7. The molecule has 0 aliphatic carbocycles. The van der Waals surface area contributed by atoms with E-state index in [9.17, 15) is 19.0 Å². The molecule has 0 aliphatic rings. The number of phosphoric acid groups is 1. The van der Waals surface area contributed by atoms with Gasteiger partial charge in [0.1, 0.15) is 19.8 Å². The lowest BCUT2D eigenvalue weighted by molar-refractivity contribution is -0.870. The molecule has 0 saturated carbocycles. The van der Waals surface area contributed by atoms with Gasteiger partial charge in [-0.15, -0.1) is 0 Å². The molecule has 0 aromatic heterocycles. The molecule has 0 bridgehead atoms. The highest BCUT2D eigenvalue weighted by molar-refractivity contribution is 7.45. The predicted octanol–water partition coefficient (Wildman–Crippen LogP) is 9.94. The maximum Gasteiger partial charge on any atom is 0.306 e. The van der Waals surface area contributed by atoms with Crippen LogP contribution in [0.3, 0.4) is 0 Å². The van der Waals surface area contributed by atoms with Crippen LogP contribution in [0.15, 0.2) is 36.5 Å². The summed E-state index contributed by atoms with van der Waals surface area (Å²) in [5.74, 6) is -0.864. The highest BCUT2D eigenvalue weighted by Gasteiger charge is 2.21. The Bertz CT molecular complexity index is 959. The van der Waals surface area contributed by atoms with Gasteiger partial charge >= 0.3 is 11.9 Å². The number of likely N-dealkylation sites (N-methyl/N-ethyl adjacent to an activating group) is 1. The molecule has 0 spiro atoms. The van der Waals surface area contributed by atoms with Crippen molar-refractivity contribution in [2.45, 2.75) is 161 Å². The SMILES string of the molecule is CCCCC/C=C\C/C=C\C/C=C\CCCCCCC(=O)OC[C@H](COP(=O)([O-])OCC[N+](C)(C)C)OC(=O)CCCCCCCCCCC. The van der Waals surface area contributed by atoms with Crippen LogP contribution in [0.2, 0.25) is 0 Å². The number of esters is 2. The number of quaternary nitrogens is 1. The maximum absolute atomic E-state index is 12.5. The van der Waals surface area contributed by atoms with Crippen molar-refractivity contribution in [1.82, 2.24) is 0 Å². The Hall–Kier alpha value is -1.77. The lowest BCUT2D eigenvalue weighted by Gasteiger charge is -2.28. The van der Waals surface area contributed by atoms with Gasteiger partial charge in [-0.3, -0.25) is 14.2 Å². The number of hydrogen-bond donors (Lipinski definition) is 0. The third-order valence-electron chi connectivity index (χ3n) is 8.16. The van der Waals surface area contributed by atoms with Gasteiger partial charge in [0.05, 0.1) is 27.7 Å². The molecule has 0 aliphatic heterocycles. The van der Waals surface area contributed by atoms with Gasteiger partial charge in [0.2, 0.25) is 0 Å². The first-order valence-electron chi connectivity index (χ1n) is 19.7. The Balaban J connectivity index is 4.41. The molecule has 0 saturated heterocycles. The summed E-state index contributed by atoms with van der Waals surface area (Å²) in [7, 11) is 1.15. The summed E-state index contributed by atoms with van der Waals surface area (Å²) in [5, 5.41) is 0. The van der Waals surface area contributed by atoms with E-state index in [0.717, 1.165) is 57.8 Å². The molecule has 50 heavy (non-hydrogen) atoms. The number of phosphoric ester groups is 1. The summed E-state index contributed by atoms with van der Waals surface area (Å²) in [6.45, 7) is 4.13. The molecular weight excluding hydrogens is 653 g/mol. The van der Waals surface area contributed by atoms with Crippen LogP contribution in [-0.2, 0) is 32.7 Å². The lowest BCUT2D eigenvalue weighted by Crippen LogP contribution is -2.37. The molecule has 2 atom stereocenters. The lowest BCUT2D eigenvalue weighted by atomic mass is 10.1. The van der Waals surface area contributed by atoms with Crippen molar-refractivity contribution < 1.29 is 42.1 Å². The second-order valence-electron chi connectivity index (χ2n) is 14.3. The minimum absolute atomic E-state index is 0.0344. The molecular formula is C40H74NO8P. The fraction of sp³-hybridized carbons (Fsp3) is 0.800. The summed E-state index contributed by atoms with van der Waals surface area (Å²) >= 11 is 0. The number of nitrogens with zero attached hydrogens (tertiary/aromatic N) is 1. The van der Waals surface area contributed by atoms with Crippen LogP contribution >= 0.6 is 7.82 Å². The van der Waals surface area contributed by atoms with E-state index in [4.69, 9.17) is 18.5 Å². The molecule has 0 fully saturated rings. The average Bonchev–Trinajstić information content (AvgIpc) is 3.06.